The maximum Gasteiger partial charge on any atom is 0.0794 e. The molecule has 1 aromatic carbocycles. The van der Waals surface area contributed by atoms with Gasteiger partial charge in [0.2, 0.25) is 0 Å². The Morgan fingerprint density at radius 2 is 2.24 bits per heavy atom. The van der Waals surface area contributed by atoms with Crippen LogP contribution in [0.1, 0.15) is 17.4 Å². The van der Waals surface area contributed by atoms with Crippen LogP contribution in [0.2, 0.25) is 0 Å². The lowest BCUT2D eigenvalue weighted by molar-refractivity contribution is 0.843. The van der Waals surface area contributed by atoms with Gasteiger partial charge in [0.25, 0.3) is 0 Å². The lowest BCUT2D eigenvalue weighted by Gasteiger charge is -2.07. The number of aryl methyl sites for hydroxylation is 1. The highest BCUT2D eigenvalue weighted by molar-refractivity contribution is 7.09. The molecule has 3 aromatic rings. The van der Waals surface area contributed by atoms with Crippen LogP contribution < -0.4 is 0 Å². The van der Waals surface area contributed by atoms with Gasteiger partial charge in [-0.3, -0.25) is 4.98 Å². The van der Waals surface area contributed by atoms with E-state index in [4.69, 9.17) is 0 Å². The smallest absolute Gasteiger partial charge is 0.0794 e. The summed E-state index contributed by atoms with van der Waals surface area (Å²) in [4.78, 5) is 5.43. The van der Waals surface area contributed by atoms with Crippen LogP contribution in [0.4, 0.5) is 0 Å². The van der Waals surface area contributed by atoms with Gasteiger partial charge in [-0.25, -0.2) is 0 Å². The molecular formula is C14H14N2S. The SMILES string of the molecule is CCc1cccc2ccn(Cc3cncs3)c12. The average Bonchev–Trinajstić information content (AvgIpc) is 2.99. The minimum absolute atomic E-state index is 0.922. The van der Waals surface area contributed by atoms with Crippen LogP contribution in [0.3, 0.4) is 0 Å². The monoisotopic (exact) mass is 242 g/mol. The number of para-hydroxylation sites is 1. The van der Waals surface area contributed by atoms with Crippen molar-refractivity contribution in [2.24, 2.45) is 0 Å². The number of rotatable bonds is 3. The molecule has 0 aliphatic heterocycles. The van der Waals surface area contributed by atoms with Gasteiger partial charge in [-0.2, -0.15) is 0 Å². The zero-order valence-electron chi connectivity index (χ0n) is 9.76. The topological polar surface area (TPSA) is 17.8 Å². The van der Waals surface area contributed by atoms with E-state index in [1.54, 1.807) is 11.3 Å². The highest BCUT2D eigenvalue weighted by Crippen LogP contribution is 2.22. The Kier molecular flexibility index (Phi) is 2.69. The highest BCUT2D eigenvalue weighted by Gasteiger charge is 2.06. The molecule has 2 aromatic heterocycles. The van der Waals surface area contributed by atoms with Crippen molar-refractivity contribution in [3.8, 4) is 0 Å². The van der Waals surface area contributed by atoms with E-state index in [1.807, 2.05) is 11.7 Å². The molecule has 0 atom stereocenters. The van der Waals surface area contributed by atoms with E-state index in [0.717, 1.165) is 13.0 Å². The fourth-order valence-corrected chi connectivity index (χ4v) is 2.84. The summed E-state index contributed by atoms with van der Waals surface area (Å²) in [7, 11) is 0. The minimum atomic E-state index is 0.922. The van der Waals surface area contributed by atoms with Crippen LogP contribution in [0.15, 0.2) is 42.2 Å². The second kappa shape index (κ2) is 4.34. The maximum atomic E-state index is 4.13. The van der Waals surface area contributed by atoms with Crippen LogP contribution in [-0.4, -0.2) is 9.55 Å². The maximum absolute atomic E-state index is 4.13. The third-order valence-electron chi connectivity index (χ3n) is 3.06. The Labute approximate surface area is 105 Å². The van der Waals surface area contributed by atoms with E-state index in [1.165, 1.54) is 21.3 Å². The van der Waals surface area contributed by atoms with Gasteiger partial charge in [0.15, 0.2) is 0 Å². The molecule has 3 rings (SSSR count). The first-order chi connectivity index (χ1) is 8.38. The molecule has 0 unspecified atom stereocenters. The van der Waals surface area contributed by atoms with E-state index in [9.17, 15) is 0 Å². The molecule has 0 radical (unpaired) electrons. The molecule has 0 amide bonds. The molecule has 0 aliphatic carbocycles. The van der Waals surface area contributed by atoms with Gasteiger partial charge in [-0.1, -0.05) is 25.1 Å². The standard InChI is InChI=1S/C14H14N2S/c1-2-11-4-3-5-12-6-7-16(14(11)12)9-13-8-15-10-17-13/h3-8,10H,2,9H2,1H3. The Morgan fingerprint density at radius 1 is 1.29 bits per heavy atom. The largest absolute Gasteiger partial charge is 0.342 e. The molecule has 0 aliphatic rings. The number of benzene rings is 1. The number of thiazole rings is 1. The van der Waals surface area contributed by atoms with Gasteiger partial charge in [-0.15, -0.1) is 11.3 Å². The summed E-state index contributed by atoms with van der Waals surface area (Å²) in [5, 5.41) is 1.33. The van der Waals surface area contributed by atoms with Crippen molar-refractivity contribution < 1.29 is 0 Å². The van der Waals surface area contributed by atoms with Crippen LogP contribution in [0, 0.1) is 0 Å². The normalized spacial score (nSPS) is 11.1. The lowest BCUT2D eigenvalue weighted by Crippen LogP contribution is -1.98. The van der Waals surface area contributed by atoms with Gasteiger partial charge >= 0.3 is 0 Å². The zero-order valence-corrected chi connectivity index (χ0v) is 10.6. The zero-order chi connectivity index (χ0) is 11.7. The molecule has 0 N–H and O–H groups in total. The number of hydrogen-bond acceptors (Lipinski definition) is 2. The van der Waals surface area contributed by atoms with Crippen molar-refractivity contribution in [1.82, 2.24) is 9.55 Å². The van der Waals surface area contributed by atoms with Crippen molar-refractivity contribution in [1.29, 1.82) is 0 Å². The first-order valence-electron chi connectivity index (χ1n) is 5.82. The molecule has 2 nitrogen and oxygen atoms in total. The Balaban J connectivity index is 2.10. The van der Waals surface area contributed by atoms with Crippen molar-refractivity contribution in [3.05, 3.63) is 52.6 Å². The molecule has 0 saturated heterocycles. The number of aromatic nitrogens is 2. The molecule has 0 bridgehead atoms. The Morgan fingerprint density at radius 3 is 3.00 bits per heavy atom. The van der Waals surface area contributed by atoms with E-state index in [2.05, 4.69) is 46.9 Å². The summed E-state index contributed by atoms with van der Waals surface area (Å²) in [6.45, 7) is 3.13. The molecule has 0 saturated carbocycles. The number of nitrogens with zero attached hydrogens (tertiary/aromatic N) is 2. The summed E-state index contributed by atoms with van der Waals surface area (Å²) >= 11 is 1.71. The minimum Gasteiger partial charge on any atom is -0.342 e. The summed E-state index contributed by atoms with van der Waals surface area (Å²) in [5.74, 6) is 0. The third kappa shape index (κ3) is 1.87. The van der Waals surface area contributed by atoms with E-state index in [0.29, 0.717) is 0 Å². The van der Waals surface area contributed by atoms with E-state index in [-0.39, 0.29) is 0 Å². The first kappa shape index (κ1) is 10.5. The Hall–Kier alpha value is -1.61. The molecule has 0 spiro atoms. The molecule has 0 fully saturated rings. The second-order valence-corrected chi connectivity index (χ2v) is 5.09. The fraction of sp³-hybridized carbons (Fsp3) is 0.214. The molecule has 2 heterocycles. The van der Waals surface area contributed by atoms with Crippen LogP contribution in [0.25, 0.3) is 10.9 Å². The van der Waals surface area contributed by atoms with Gasteiger partial charge in [0, 0.05) is 17.3 Å². The molecule has 86 valence electrons. The van der Waals surface area contributed by atoms with Crippen molar-refractivity contribution >= 4 is 22.2 Å². The lowest BCUT2D eigenvalue weighted by atomic mass is 10.1. The first-order valence-corrected chi connectivity index (χ1v) is 6.70. The average molecular weight is 242 g/mol. The van der Waals surface area contributed by atoms with Gasteiger partial charge in [0.1, 0.15) is 0 Å². The van der Waals surface area contributed by atoms with E-state index < -0.39 is 0 Å². The van der Waals surface area contributed by atoms with E-state index >= 15 is 0 Å². The number of fused-ring (bicyclic) bond motifs is 1. The molecule has 17 heavy (non-hydrogen) atoms. The predicted molar refractivity (Wildman–Crippen MR) is 72.5 cm³/mol. The predicted octanol–water partition coefficient (Wildman–Crippen LogP) is 3.71. The molecular weight excluding hydrogens is 228 g/mol. The van der Waals surface area contributed by atoms with Crippen LogP contribution in [0.5, 0.6) is 0 Å². The highest BCUT2D eigenvalue weighted by atomic mass is 32.1. The third-order valence-corrected chi connectivity index (χ3v) is 3.83. The van der Waals surface area contributed by atoms with Crippen LogP contribution in [-0.2, 0) is 13.0 Å². The van der Waals surface area contributed by atoms with Crippen molar-refractivity contribution in [2.45, 2.75) is 19.9 Å². The Bertz CT molecular complexity index is 623. The van der Waals surface area contributed by atoms with Gasteiger partial charge < -0.3 is 4.57 Å². The second-order valence-electron chi connectivity index (χ2n) is 4.12. The number of hydrogen-bond donors (Lipinski definition) is 0. The summed E-state index contributed by atoms with van der Waals surface area (Å²) in [5.41, 5.74) is 4.67. The van der Waals surface area contributed by atoms with Gasteiger partial charge in [-0.05, 0) is 23.4 Å². The fourth-order valence-electron chi connectivity index (χ4n) is 2.25. The van der Waals surface area contributed by atoms with Crippen LogP contribution >= 0.6 is 11.3 Å². The van der Waals surface area contributed by atoms with Crippen molar-refractivity contribution in [3.63, 3.8) is 0 Å². The summed E-state index contributed by atoms with van der Waals surface area (Å²) in [6, 6.07) is 8.72. The quantitative estimate of drug-likeness (QED) is 0.684. The summed E-state index contributed by atoms with van der Waals surface area (Å²) in [6.07, 6.45) is 5.19. The summed E-state index contributed by atoms with van der Waals surface area (Å²) < 4.78 is 2.32. The molecule has 3 heteroatoms. The van der Waals surface area contributed by atoms with Gasteiger partial charge in [0.05, 0.1) is 17.6 Å². The van der Waals surface area contributed by atoms with Crippen molar-refractivity contribution in [2.75, 3.05) is 0 Å².